The molecule has 3 aromatic carbocycles. The number of rotatable bonds is 9. The number of aliphatic carboxylic acids is 1. The van der Waals surface area contributed by atoms with Crippen LogP contribution >= 0.6 is 0 Å². The quantitative estimate of drug-likeness (QED) is 0.330. The summed E-state index contributed by atoms with van der Waals surface area (Å²) in [7, 11) is 0. The first-order chi connectivity index (χ1) is 17.7. The van der Waals surface area contributed by atoms with Gasteiger partial charge in [-0.3, -0.25) is 14.4 Å². The van der Waals surface area contributed by atoms with E-state index in [0.717, 1.165) is 6.92 Å². The van der Waals surface area contributed by atoms with E-state index in [0.29, 0.717) is 0 Å². The summed E-state index contributed by atoms with van der Waals surface area (Å²) in [4.78, 5) is 61.4. The second-order valence-corrected chi connectivity index (χ2v) is 7.71. The fraction of sp³-hybridized carbons (Fsp3) is 0.148. The van der Waals surface area contributed by atoms with Crippen molar-refractivity contribution in [3.8, 4) is 11.5 Å². The lowest BCUT2D eigenvalue weighted by molar-refractivity contribution is -0.142. The van der Waals surface area contributed by atoms with E-state index < -0.39 is 41.9 Å². The topological polar surface area (TPSA) is 145 Å². The second-order valence-electron chi connectivity index (χ2n) is 7.71. The Morgan fingerprint density at radius 3 is 1.73 bits per heavy atom. The molecule has 0 heterocycles. The van der Waals surface area contributed by atoms with Crippen LogP contribution in [0.5, 0.6) is 11.5 Å². The molecule has 37 heavy (non-hydrogen) atoms. The van der Waals surface area contributed by atoms with Gasteiger partial charge in [-0.2, -0.15) is 0 Å². The van der Waals surface area contributed by atoms with E-state index >= 15 is 0 Å². The summed E-state index contributed by atoms with van der Waals surface area (Å²) in [5.74, 6) is -4.82. The minimum atomic E-state index is -1.75. The van der Waals surface area contributed by atoms with Crippen LogP contribution in [0.4, 0.5) is 0 Å². The predicted molar refractivity (Wildman–Crippen MR) is 129 cm³/mol. The van der Waals surface area contributed by atoms with Gasteiger partial charge in [0.1, 0.15) is 17.1 Å². The Hall–Kier alpha value is -4.99. The molecule has 10 heteroatoms. The maximum atomic E-state index is 13.1. The SMILES string of the molecule is CC(=O)Oc1ccccc1C(=O)NC(C(=O)O)C(OC(=O)c1ccccc1OC(C)=O)c1ccccc1. The van der Waals surface area contributed by atoms with Crippen LogP contribution in [-0.2, 0) is 19.1 Å². The molecule has 0 aliphatic carbocycles. The Kier molecular flexibility index (Phi) is 8.71. The summed E-state index contributed by atoms with van der Waals surface area (Å²) in [6.45, 7) is 2.33. The number of carbonyl (C=O) groups is 5. The number of hydrogen-bond donors (Lipinski definition) is 2. The van der Waals surface area contributed by atoms with Gasteiger partial charge in [-0.1, -0.05) is 54.6 Å². The molecule has 0 aliphatic rings. The summed E-state index contributed by atoms with van der Waals surface area (Å²) in [6, 6.07) is 17.8. The third-order valence-corrected chi connectivity index (χ3v) is 4.96. The molecule has 0 radical (unpaired) electrons. The molecule has 0 aromatic heterocycles. The monoisotopic (exact) mass is 505 g/mol. The van der Waals surface area contributed by atoms with Crippen molar-refractivity contribution in [3.05, 3.63) is 95.6 Å². The highest BCUT2D eigenvalue weighted by Crippen LogP contribution is 2.27. The fourth-order valence-corrected chi connectivity index (χ4v) is 3.41. The Labute approximate surface area is 211 Å². The number of para-hydroxylation sites is 2. The van der Waals surface area contributed by atoms with Crippen LogP contribution < -0.4 is 14.8 Å². The lowest BCUT2D eigenvalue weighted by atomic mass is 10.0. The van der Waals surface area contributed by atoms with E-state index in [1.165, 1.54) is 55.5 Å². The van der Waals surface area contributed by atoms with Crippen molar-refractivity contribution in [1.29, 1.82) is 0 Å². The van der Waals surface area contributed by atoms with Crippen LogP contribution in [0.1, 0.15) is 46.2 Å². The molecule has 0 aliphatic heterocycles. The molecule has 2 unspecified atom stereocenters. The van der Waals surface area contributed by atoms with E-state index in [1.807, 2.05) is 0 Å². The molecule has 0 spiro atoms. The van der Waals surface area contributed by atoms with Gasteiger partial charge in [-0.05, 0) is 29.8 Å². The molecule has 0 saturated carbocycles. The smallest absolute Gasteiger partial charge is 0.342 e. The number of benzene rings is 3. The minimum Gasteiger partial charge on any atom is -0.480 e. The number of nitrogens with one attached hydrogen (secondary N) is 1. The van der Waals surface area contributed by atoms with Crippen molar-refractivity contribution in [2.24, 2.45) is 0 Å². The van der Waals surface area contributed by atoms with Crippen molar-refractivity contribution in [2.45, 2.75) is 26.0 Å². The van der Waals surface area contributed by atoms with Gasteiger partial charge in [0.05, 0.1) is 5.56 Å². The van der Waals surface area contributed by atoms with Gasteiger partial charge in [0.2, 0.25) is 0 Å². The van der Waals surface area contributed by atoms with Crippen molar-refractivity contribution in [2.75, 3.05) is 0 Å². The minimum absolute atomic E-state index is 0.0693. The molecular weight excluding hydrogens is 482 g/mol. The van der Waals surface area contributed by atoms with E-state index in [1.54, 1.807) is 30.3 Å². The maximum absolute atomic E-state index is 13.1. The Bertz CT molecular complexity index is 1320. The first kappa shape index (κ1) is 26.6. The molecule has 10 nitrogen and oxygen atoms in total. The number of esters is 3. The zero-order chi connectivity index (χ0) is 26.9. The molecule has 1 amide bonds. The Morgan fingerprint density at radius 1 is 0.703 bits per heavy atom. The number of amides is 1. The van der Waals surface area contributed by atoms with Gasteiger partial charge in [0.15, 0.2) is 12.1 Å². The highest BCUT2D eigenvalue weighted by atomic mass is 16.6. The average Bonchev–Trinajstić information content (AvgIpc) is 2.86. The van der Waals surface area contributed by atoms with Gasteiger partial charge in [0.25, 0.3) is 5.91 Å². The second kappa shape index (κ2) is 12.1. The van der Waals surface area contributed by atoms with Crippen molar-refractivity contribution in [3.63, 3.8) is 0 Å². The summed E-state index contributed by atoms with van der Waals surface area (Å²) in [5.41, 5.74) is 0.0679. The number of carboxylic acids is 1. The van der Waals surface area contributed by atoms with E-state index in [4.69, 9.17) is 14.2 Å². The molecule has 3 aromatic rings. The number of carboxylic acid groups (broad SMARTS) is 1. The molecule has 0 fully saturated rings. The van der Waals surface area contributed by atoms with Gasteiger partial charge >= 0.3 is 23.9 Å². The zero-order valence-corrected chi connectivity index (χ0v) is 19.9. The first-order valence-electron chi connectivity index (χ1n) is 11.0. The molecule has 2 N–H and O–H groups in total. The Balaban J connectivity index is 1.97. The fourth-order valence-electron chi connectivity index (χ4n) is 3.41. The first-order valence-corrected chi connectivity index (χ1v) is 11.0. The van der Waals surface area contributed by atoms with E-state index in [9.17, 15) is 29.1 Å². The molecule has 3 rings (SSSR count). The summed E-state index contributed by atoms with van der Waals surface area (Å²) < 4.78 is 15.7. The standard InChI is InChI=1S/C27H23NO9/c1-16(29)35-21-14-8-6-12-19(21)25(31)28-23(26(32)33)24(18-10-4-3-5-11-18)37-27(34)20-13-7-9-15-22(20)36-17(2)30/h3-15,23-24H,1-2H3,(H,28,31)(H,32,33). The number of hydrogen-bond acceptors (Lipinski definition) is 8. The maximum Gasteiger partial charge on any atom is 0.342 e. The van der Waals surface area contributed by atoms with Crippen LogP contribution in [0.3, 0.4) is 0 Å². The van der Waals surface area contributed by atoms with Gasteiger partial charge in [0, 0.05) is 13.8 Å². The van der Waals surface area contributed by atoms with Gasteiger partial charge < -0.3 is 24.6 Å². The lowest BCUT2D eigenvalue weighted by Gasteiger charge is -2.26. The largest absolute Gasteiger partial charge is 0.480 e. The van der Waals surface area contributed by atoms with Gasteiger partial charge in [-0.25, -0.2) is 9.59 Å². The van der Waals surface area contributed by atoms with Crippen LogP contribution in [0, 0.1) is 0 Å². The zero-order valence-electron chi connectivity index (χ0n) is 19.9. The molecule has 2 atom stereocenters. The third-order valence-electron chi connectivity index (χ3n) is 4.96. The highest BCUT2D eigenvalue weighted by Gasteiger charge is 2.36. The molecular formula is C27H23NO9. The summed E-state index contributed by atoms with van der Waals surface area (Å²) in [6.07, 6.45) is -1.48. The highest BCUT2D eigenvalue weighted by molar-refractivity contribution is 6.00. The van der Waals surface area contributed by atoms with Crippen LogP contribution in [0.25, 0.3) is 0 Å². The van der Waals surface area contributed by atoms with Crippen LogP contribution in [0.15, 0.2) is 78.9 Å². The summed E-state index contributed by atoms with van der Waals surface area (Å²) >= 11 is 0. The van der Waals surface area contributed by atoms with Crippen LogP contribution in [-0.4, -0.2) is 40.9 Å². The van der Waals surface area contributed by atoms with Crippen LogP contribution in [0.2, 0.25) is 0 Å². The van der Waals surface area contributed by atoms with Crippen molar-refractivity contribution < 1.29 is 43.3 Å². The number of ether oxygens (including phenoxy) is 3. The van der Waals surface area contributed by atoms with Crippen molar-refractivity contribution in [1.82, 2.24) is 5.32 Å². The van der Waals surface area contributed by atoms with E-state index in [2.05, 4.69) is 5.32 Å². The average molecular weight is 505 g/mol. The van der Waals surface area contributed by atoms with E-state index in [-0.39, 0.29) is 28.2 Å². The van der Waals surface area contributed by atoms with Gasteiger partial charge in [-0.15, -0.1) is 0 Å². The molecule has 190 valence electrons. The summed E-state index contributed by atoms with van der Waals surface area (Å²) in [5, 5.41) is 12.4. The molecule has 0 saturated heterocycles. The Morgan fingerprint density at radius 2 is 1.19 bits per heavy atom. The van der Waals surface area contributed by atoms with Crippen molar-refractivity contribution >= 4 is 29.8 Å². The third kappa shape index (κ3) is 7.01. The predicted octanol–water partition coefficient (Wildman–Crippen LogP) is 3.32. The molecule has 0 bridgehead atoms. The number of carbonyl (C=O) groups excluding carboxylic acids is 4. The normalized spacial score (nSPS) is 11.9. The lowest BCUT2D eigenvalue weighted by Crippen LogP contribution is -2.46.